The number of nitrogens with one attached hydrogen (secondary N) is 2. The number of carbonyl (C=O) groups excluding carboxylic acids is 2. The topological polar surface area (TPSA) is 102 Å². The van der Waals surface area contributed by atoms with Gasteiger partial charge in [-0.2, -0.15) is 0 Å². The van der Waals surface area contributed by atoms with Gasteiger partial charge in [-0.15, -0.1) is 0 Å². The van der Waals surface area contributed by atoms with Crippen LogP contribution in [0.1, 0.15) is 18.1 Å². The Labute approximate surface area is 171 Å². The zero-order chi connectivity index (χ0) is 21.3. The Bertz CT molecular complexity index is 888. The van der Waals surface area contributed by atoms with E-state index in [1.54, 1.807) is 6.92 Å². The van der Waals surface area contributed by atoms with Crippen molar-refractivity contribution in [3.63, 3.8) is 0 Å². The third-order valence-electron chi connectivity index (χ3n) is 4.24. The van der Waals surface area contributed by atoms with Gasteiger partial charge in [-0.05, 0) is 24.5 Å². The fourth-order valence-electron chi connectivity index (χ4n) is 2.76. The summed E-state index contributed by atoms with van der Waals surface area (Å²) in [6, 6.07) is 16.6. The fraction of sp³-hybridized carbons (Fsp3) is 0.333. The lowest BCUT2D eigenvalue weighted by Gasteiger charge is -2.25. The van der Waals surface area contributed by atoms with Gasteiger partial charge in [-0.1, -0.05) is 60.7 Å². The molecule has 1 amide bonds. The monoisotopic (exact) mass is 418 g/mol. The number of hydrogen-bond acceptors (Lipinski definition) is 5. The average Bonchev–Trinajstić information content (AvgIpc) is 2.70. The van der Waals surface area contributed by atoms with Crippen LogP contribution < -0.4 is 10.0 Å². The Kier molecular flexibility index (Phi) is 8.50. The minimum Gasteiger partial charge on any atom is -0.372 e. The summed E-state index contributed by atoms with van der Waals surface area (Å²) in [6.45, 7) is 1.83. The van der Waals surface area contributed by atoms with E-state index in [-0.39, 0.29) is 6.61 Å². The predicted molar refractivity (Wildman–Crippen MR) is 111 cm³/mol. The smallest absolute Gasteiger partial charge is 0.241 e. The van der Waals surface area contributed by atoms with Gasteiger partial charge in [0.15, 0.2) is 0 Å². The van der Waals surface area contributed by atoms with Gasteiger partial charge >= 0.3 is 0 Å². The van der Waals surface area contributed by atoms with E-state index < -0.39 is 34.1 Å². The van der Waals surface area contributed by atoms with Crippen LogP contribution >= 0.6 is 0 Å². The van der Waals surface area contributed by atoms with Crippen LogP contribution in [0.4, 0.5) is 0 Å². The highest BCUT2D eigenvalue weighted by Gasteiger charge is 2.30. The lowest BCUT2D eigenvalue weighted by Crippen LogP contribution is -2.55. The van der Waals surface area contributed by atoms with Gasteiger partial charge < -0.3 is 14.8 Å². The molecule has 0 aliphatic carbocycles. The Morgan fingerprint density at radius 1 is 1.03 bits per heavy atom. The summed E-state index contributed by atoms with van der Waals surface area (Å²) >= 11 is 0. The molecule has 0 heterocycles. The minimum absolute atomic E-state index is 0.221. The molecule has 2 aromatic carbocycles. The molecule has 0 aliphatic rings. The van der Waals surface area contributed by atoms with Crippen molar-refractivity contribution in [2.75, 3.05) is 6.26 Å². The number of amides is 1. The summed E-state index contributed by atoms with van der Waals surface area (Å²) in [7, 11) is -3.68. The van der Waals surface area contributed by atoms with Crippen molar-refractivity contribution in [3.05, 3.63) is 71.8 Å². The van der Waals surface area contributed by atoms with Crippen molar-refractivity contribution < 1.29 is 22.7 Å². The van der Waals surface area contributed by atoms with E-state index in [9.17, 15) is 18.0 Å². The molecule has 0 spiro atoms. The van der Waals surface area contributed by atoms with E-state index >= 15 is 0 Å². The number of ether oxygens (including phenoxy) is 1. The Morgan fingerprint density at radius 2 is 1.59 bits per heavy atom. The van der Waals surface area contributed by atoms with Gasteiger partial charge in [0.25, 0.3) is 0 Å². The lowest BCUT2D eigenvalue weighted by atomic mass is 10.1. The molecule has 1 unspecified atom stereocenters. The Morgan fingerprint density at radius 3 is 2.10 bits per heavy atom. The molecule has 0 fully saturated rings. The largest absolute Gasteiger partial charge is 0.372 e. The van der Waals surface area contributed by atoms with Crippen LogP contribution in [0.5, 0.6) is 0 Å². The Hall–Kier alpha value is -2.55. The van der Waals surface area contributed by atoms with Crippen molar-refractivity contribution >= 4 is 22.2 Å². The van der Waals surface area contributed by atoms with Crippen molar-refractivity contribution in [2.45, 2.75) is 38.1 Å². The fourth-order valence-corrected chi connectivity index (χ4v) is 3.52. The maximum atomic E-state index is 12.8. The van der Waals surface area contributed by atoms with Gasteiger partial charge in [-0.25, -0.2) is 13.1 Å². The molecule has 2 rings (SSSR count). The standard InChI is InChI=1S/C21H26N2O5S/c1-16(28-15-18-11-7-4-8-12-18)20(23-29(2,26)27)21(25)22-19(14-24)13-17-9-5-3-6-10-17/h3-12,14,16,19-20,23H,13,15H2,1-2H3,(H,22,25)/t16?,19-,20+/m0/s1. The number of rotatable bonds is 11. The highest BCUT2D eigenvalue weighted by molar-refractivity contribution is 7.88. The molecule has 0 radical (unpaired) electrons. The van der Waals surface area contributed by atoms with Crippen molar-refractivity contribution in [1.29, 1.82) is 0 Å². The van der Waals surface area contributed by atoms with Crippen molar-refractivity contribution in [3.8, 4) is 0 Å². The second-order valence-corrected chi connectivity index (χ2v) is 8.59. The number of sulfonamides is 1. The molecule has 0 saturated heterocycles. The van der Waals surface area contributed by atoms with Crippen LogP contribution in [0.25, 0.3) is 0 Å². The van der Waals surface area contributed by atoms with E-state index in [2.05, 4.69) is 10.0 Å². The summed E-state index contributed by atoms with van der Waals surface area (Å²) in [5.74, 6) is -0.621. The molecule has 2 aromatic rings. The third-order valence-corrected chi connectivity index (χ3v) is 4.92. The van der Waals surface area contributed by atoms with Crippen molar-refractivity contribution in [1.82, 2.24) is 10.0 Å². The summed E-state index contributed by atoms with van der Waals surface area (Å²) in [6.07, 6.45) is 1.16. The van der Waals surface area contributed by atoms with Gasteiger partial charge in [0, 0.05) is 0 Å². The normalized spacial score (nSPS) is 14.6. The van der Waals surface area contributed by atoms with Gasteiger partial charge in [0.05, 0.1) is 25.0 Å². The average molecular weight is 419 g/mol. The maximum Gasteiger partial charge on any atom is 0.241 e. The zero-order valence-electron chi connectivity index (χ0n) is 16.4. The lowest BCUT2D eigenvalue weighted by molar-refractivity contribution is -0.128. The SMILES string of the molecule is CC(OCc1ccccc1)[C@@H](NS(C)(=O)=O)C(=O)N[C@H](C=O)Cc1ccccc1. The van der Waals surface area contributed by atoms with E-state index in [4.69, 9.17) is 4.74 Å². The van der Waals surface area contributed by atoms with Crippen LogP contribution in [0.3, 0.4) is 0 Å². The Balaban J connectivity index is 2.06. The first-order valence-corrected chi connectivity index (χ1v) is 11.1. The first kappa shape index (κ1) is 22.7. The highest BCUT2D eigenvalue weighted by atomic mass is 32.2. The van der Waals surface area contributed by atoms with Gasteiger partial charge in [0.1, 0.15) is 12.3 Å². The number of aldehydes is 1. The molecular weight excluding hydrogens is 392 g/mol. The predicted octanol–water partition coefficient (Wildman–Crippen LogP) is 1.44. The molecule has 0 aromatic heterocycles. The molecule has 2 N–H and O–H groups in total. The molecular formula is C21H26N2O5S. The van der Waals surface area contributed by atoms with Crippen LogP contribution in [0.2, 0.25) is 0 Å². The van der Waals surface area contributed by atoms with Gasteiger partial charge in [-0.3, -0.25) is 4.79 Å². The van der Waals surface area contributed by atoms with Crippen LogP contribution in [-0.4, -0.2) is 45.1 Å². The molecule has 0 bridgehead atoms. The number of carbonyl (C=O) groups is 2. The van der Waals surface area contributed by atoms with E-state index in [0.29, 0.717) is 12.7 Å². The minimum atomic E-state index is -3.68. The first-order chi connectivity index (χ1) is 13.8. The van der Waals surface area contributed by atoms with Crippen LogP contribution in [0.15, 0.2) is 60.7 Å². The second-order valence-electron chi connectivity index (χ2n) is 6.81. The molecule has 8 heteroatoms. The molecule has 0 saturated carbocycles. The number of hydrogen-bond donors (Lipinski definition) is 2. The summed E-state index contributed by atoms with van der Waals surface area (Å²) < 4.78 is 31.5. The summed E-state index contributed by atoms with van der Waals surface area (Å²) in [4.78, 5) is 24.2. The highest BCUT2D eigenvalue weighted by Crippen LogP contribution is 2.09. The molecule has 0 aliphatic heterocycles. The molecule has 7 nitrogen and oxygen atoms in total. The van der Waals surface area contributed by atoms with Crippen LogP contribution in [0, 0.1) is 0 Å². The quantitative estimate of drug-likeness (QED) is 0.538. The van der Waals surface area contributed by atoms with Gasteiger partial charge in [0.2, 0.25) is 15.9 Å². The molecule has 3 atom stereocenters. The number of benzene rings is 2. The van der Waals surface area contributed by atoms with E-state index in [1.807, 2.05) is 60.7 Å². The van der Waals surface area contributed by atoms with Crippen molar-refractivity contribution in [2.24, 2.45) is 0 Å². The van der Waals surface area contributed by atoms with E-state index in [1.165, 1.54) is 0 Å². The zero-order valence-corrected chi connectivity index (χ0v) is 17.3. The molecule has 29 heavy (non-hydrogen) atoms. The van der Waals surface area contributed by atoms with E-state index in [0.717, 1.165) is 17.4 Å². The first-order valence-electron chi connectivity index (χ1n) is 9.21. The summed E-state index contributed by atoms with van der Waals surface area (Å²) in [5, 5.41) is 2.60. The maximum absolute atomic E-state index is 12.8. The third kappa shape index (κ3) is 8.15. The summed E-state index contributed by atoms with van der Waals surface area (Å²) in [5.41, 5.74) is 1.78. The molecule has 156 valence electrons. The van der Waals surface area contributed by atoms with Crippen LogP contribution in [-0.2, 0) is 37.4 Å². The second kappa shape index (κ2) is 10.8.